The van der Waals surface area contributed by atoms with Crippen LogP contribution in [0.3, 0.4) is 0 Å². The summed E-state index contributed by atoms with van der Waals surface area (Å²) >= 11 is 5.70. The Morgan fingerprint density at radius 1 is 0.889 bits per heavy atom. The fourth-order valence-electron chi connectivity index (χ4n) is 1.57. The van der Waals surface area contributed by atoms with Crippen LogP contribution in [0.25, 0.3) is 0 Å². The molecule has 27 heavy (non-hydrogen) atoms. The van der Waals surface area contributed by atoms with Crippen molar-refractivity contribution in [2.75, 3.05) is 13.2 Å². The molecular formula is C13H7F6I3O5. The molecule has 0 unspecified atom stereocenters. The second-order valence-electron chi connectivity index (χ2n) is 4.72. The third kappa shape index (κ3) is 5.71. The molecule has 0 fully saturated rings. The molecule has 14 heteroatoms. The van der Waals surface area contributed by atoms with Crippen molar-refractivity contribution in [3.8, 4) is 0 Å². The topological polar surface area (TPSA) is 72.8 Å². The molecule has 0 aliphatic carbocycles. The molecule has 0 saturated heterocycles. The van der Waals surface area contributed by atoms with Crippen molar-refractivity contribution in [1.29, 1.82) is 0 Å². The number of hydrogen-bond donors (Lipinski definition) is 1. The van der Waals surface area contributed by atoms with E-state index in [0.29, 0.717) is 7.14 Å². The van der Waals surface area contributed by atoms with Gasteiger partial charge in [-0.1, -0.05) is 0 Å². The molecule has 1 aromatic rings. The summed E-state index contributed by atoms with van der Waals surface area (Å²) in [4.78, 5) is 23.1. The lowest BCUT2D eigenvalue weighted by molar-refractivity contribution is -0.357. The Morgan fingerprint density at radius 2 is 1.30 bits per heavy atom. The van der Waals surface area contributed by atoms with Crippen molar-refractivity contribution in [2.45, 2.75) is 18.0 Å². The molecule has 1 N–H and O–H groups in total. The Kier molecular flexibility index (Phi) is 8.44. The molecule has 0 radical (unpaired) electrons. The Morgan fingerprint density at radius 3 is 1.70 bits per heavy atom. The molecular weight excluding hydrogens is 731 g/mol. The van der Waals surface area contributed by atoms with E-state index in [1.807, 2.05) is 67.8 Å². The Bertz CT molecular complexity index is 697. The van der Waals surface area contributed by atoms with Crippen LogP contribution in [-0.4, -0.2) is 48.2 Å². The molecule has 1 aromatic carbocycles. The van der Waals surface area contributed by atoms with E-state index in [0.717, 1.165) is 3.57 Å². The molecule has 0 bridgehead atoms. The summed E-state index contributed by atoms with van der Waals surface area (Å²) in [6.45, 7) is -1.93. The quantitative estimate of drug-likeness (QED) is 0.214. The van der Waals surface area contributed by atoms with Crippen molar-refractivity contribution in [3.05, 3.63) is 28.4 Å². The maximum Gasteiger partial charge on any atom is 0.437 e. The van der Waals surface area contributed by atoms with E-state index in [4.69, 9.17) is 9.84 Å². The van der Waals surface area contributed by atoms with E-state index in [-0.39, 0.29) is 5.56 Å². The lowest BCUT2D eigenvalue weighted by atomic mass is 10.0. The molecule has 0 amide bonds. The molecule has 1 rings (SSSR count). The number of rotatable bonds is 5. The van der Waals surface area contributed by atoms with Crippen LogP contribution in [0, 0.1) is 10.7 Å². The number of aliphatic hydroxyl groups is 1. The van der Waals surface area contributed by atoms with Crippen LogP contribution in [0.5, 0.6) is 0 Å². The number of hydrogen-bond acceptors (Lipinski definition) is 5. The first-order valence-corrected chi connectivity index (χ1v) is 9.71. The van der Waals surface area contributed by atoms with Gasteiger partial charge in [0.05, 0.1) is 5.56 Å². The van der Waals surface area contributed by atoms with Crippen molar-refractivity contribution >= 4 is 79.7 Å². The molecule has 0 atom stereocenters. The van der Waals surface area contributed by atoms with Crippen LogP contribution in [0.2, 0.25) is 0 Å². The molecule has 0 spiro atoms. The minimum atomic E-state index is -6.34. The highest BCUT2D eigenvalue weighted by molar-refractivity contribution is 14.1. The maximum atomic E-state index is 12.5. The van der Waals surface area contributed by atoms with Gasteiger partial charge < -0.3 is 14.6 Å². The highest BCUT2D eigenvalue weighted by Crippen LogP contribution is 2.43. The Hall–Kier alpha value is -0.110. The van der Waals surface area contributed by atoms with Gasteiger partial charge in [-0.05, 0) is 79.9 Å². The second kappa shape index (κ2) is 9.14. The summed E-state index contributed by atoms with van der Waals surface area (Å²) in [6, 6.07) is 3.29. The minimum Gasteiger partial charge on any atom is -0.459 e. The molecule has 152 valence electrons. The first-order chi connectivity index (χ1) is 12.1. The monoisotopic (exact) mass is 738 g/mol. The molecule has 0 aromatic heterocycles. The largest absolute Gasteiger partial charge is 0.459 e. The summed E-state index contributed by atoms with van der Waals surface area (Å²) < 4.78 is 85.2. The van der Waals surface area contributed by atoms with Crippen LogP contribution in [0.4, 0.5) is 26.3 Å². The summed E-state index contributed by atoms with van der Waals surface area (Å²) in [5.74, 6) is -3.87. The predicted molar refractivity (Wildman–Crippen MR) is 103 cm³/mol. The second-order valence-corrected chi connectivity index (χ2v) is 8.29. The highest BCUT2D eigenvalue weighted by atomic mass is 127. The van der Waals surface area contributed by atoms with Gasteiger partial charge in [-0.3, -0.25) is 0 Å². The number of alkyl halides is 6. The van der Waals surface area contributed by atoms with Gasteiger partial charge in [0, 0.05) is 10.7 Å². The zero-order chi connectivity index (χ0) is 21.2. The predicted octanol–water partition coefficient (Wildman–Crippen LogP) is 4.06. The van der Waals surface area contributed by atoms with Gasteiger partial charge in [0.1, 0.15) is 13.2 Å². The molecule has 0 aliphatic rings. The van der Waals surface area contributed by atoms with Gasteiger partial charge >= 0.3 is 29.9 Å². The fraction of sp³-hybridized carbons (Fsp3) is 0.385. The van der Waals surface area contributed by atoms with Crippen LogP contribution in [0.15, 0.2) is 12.1 Å². The fourth-order valence-corrected chi connectivity index (χ4v) is 5.60. The number of benzene rings is 1. The van der Waals surface area contributed by atoms with Crippen LogP contribution in [0.1, 0.15) is 10.4 Å². The van der Waals surface area contributed by atoms with Crippen LogP contribution < -0.4 is 0 Å². The third-order valence-corrected chi connectivity index (χ3v) is 5.20. The first kappa shape index (κ1) is 24.9. The summed E-state index contributed by atoms with van der Waals surface area (Å²) in [7, 11) is 0. The van der Waals surface area contributed by atoms with E-state index in [1.54, 1.807) is 12.1 Å². The first-order valence-electron chi connectivity index (χ1n) is 6.47. The van der Waals surface area contributed by atoms with Crippen molar-refractivity contribution < 1.29 is 50.5 Å². The van der Waals surface area contributed by atoms with Crippen LogP contribution in [-0.2, 0) is 14.3 Å². The average molecular weight is 738 g/mol. The third-order valence-electron chi connectivity index (χ3n) is 2.88. The normalized spacial score (nSPS) is 12.7. The van der Waals surface area contributed by atoms with E-state index >= 15 is 0 Å². The number of esters is 2. The van der Waals surface area contributed by atoms with Crippen molar-refractivity contribution in [1.82, 2.24) is 0 Å². The molecule has 5 nitrogen and oxygen atoms in total. The zero-order valence-electron chi connectivity index (χ0n) is 12.6. The van der Waals surface area contributed by atoms with Crippen LogP contribution >= 0.6 is 67.8 Å². The number of ether oxygens (including phenoxy) is 2. The summed E-state index contributed by atoms with van der Waals surface area (Å²) in [6.07, 6.45) is -12.7. The number of carbonyl (C=O) groups excluding carboxylic acids is 2. The van der Waals surface area contributed by atoms with E-state index < -0.39 is 43.1 Å². The lowest BCUT2D eigenvalue weighted by Gasteiger charge is -2.29. The lowest BCUT2D eigenvalue weighted by Crippen LogP contribution is -2.63. The summed E-state index contributed by atoms with van der Waals surface area (Å²) in [5, 5.41) is 8.80. The van der Waals surface area contributed by atoms with Gasteiger partial charge in [0.25, 0.3) is 0 Å². The maximum absolute atomic E-state index is 12.5. The Balaban J connectivity index is 2.74. The van der Waals surface area contributed by atoms with Gasteiger partial charge in [-0.15, -0.1) is 0 Å². The summed E-state index contributed by atoms with van der Waals surface area (Å²) in [5.41, 5.74) is -5.53. The highest BCUT2D eigenvalue weighted by Gasteiger charge is 2.76. The van der Waals surface area contributed by atoms with Gasteiger partial charge in [0.15, 0.2) is 0 Å². The van der Waals surface area contributed by atoms with Gasteiger partial charge in [-0.25, -0.2) is 9.59 Å². The van der Waals surface area contributed by atoms with Gasteiger partial charge in [-0.2, -0.15) is 26.3 Å². The van der Waals surface area contributed by atoms with Crippen molar-refractivity contribution in [3.63, 3.8) is 0 Å². The number of carbonyl (C=O) groups is 2. The van der Waals surface area contributed by atoms with E-state index in [1.165, 1.54) is 0 Å². The Labute approximate surface area is 188 Å². The van der Waals surface area contributed by atoms with E-state index in [9.17, 15) is 35.9 Å². The number of halogens is 9. The standard InChI is InChI=1S/C13H7F6I3O5/c14-12(15,16)11(25,13(17,18)19)10(24)27-2-1-26-9(23)8-6(21)3-5(20)4-7(8)22/h3-4,25H,1-2H2. The molecule has 0 saturated carbocycles. The molecule has 0 heterocycles. The molecule has 0 aliphatic heterocycles. The van der Waals surface area contributed by atoms with Crippen molar-refractivity contribution in [2.24, 2.45) is 0 Å². The zero-order valence-corrected chi connectivity index (χ0v) is 19.0. The van der Waals surface area contributed by atoms with E-state index in [2.05, 4.69) is 4.74 Å². The average Bonchev–Trinajstić information content (AvgIpc) is 2.47. The smallest absolute Gasteiger partial charge is 0.437 e. The minimum absolute atomic E-state index is 0.144. The van der Waals surface area contributed by atoms with Gasteiger partial charge in [0.2, 0.25) is 0 Å². The SMILES string of the molecule is O=C(OCCOC(=O)C(O)(C(F)(F)F)C(F)(F)F)c1c(I)cc(I)cc1I.